The Hall–Kier alpha value is -3.33. The molecular formula is C34H38ClF4N7O3. The summed E-state index contributed by atoms with van der Waals surface area (Å²) in [4.78, 5) is 17.5. The number of ether oxygens (including phenoxy) is 2. The van der Waals surface area contributed by atoms with Crippen LogP contribution in [-0.4, -0.2) is 91.4 Å². The number of piperidine rings is 1. The average molecular weight is 704 g/mol. The molecule has 1 unspecified atom stereocenters. The lowest BCUT2D eigenvalue weighted by Gasteiger charge is -2.38. The number of hydrogen-bond donors (Lipinski definition) is 1. The normalized spacial score (nSPS) is 27.9. The monoisotopic (exact) mass is 703 g/mol. The molecule has 4 aliphatic rings. The highest BCUT2D eigenvalue weighted by molar-refractivity contribution is 6.33. The van der Waals surface area contributed by atoms with E-state index in [1.807, 2.05) is 4.90 Å². The number of pyridine rings is 1. The van der Waals surface area contributed by atoms with Crippen molar-refractivity contribution in [2.24, 2.45) is 0 Å². The summed E-state index contributed by atoms with van der Waals surface area (Å²) in [5, 5.41) is 15.6. The number of benzene rings is 1. The molecule has 0 bridgehead atoms. The highest BCUT2D eigenvalue weighted by Gasteiger charge is 2.49. The highest BCUT2D eigenvalue weighted by atomic mass is 35.5. The molecule has 1 N–H and O–H groups in total. The van der Waals surface area contributed by atoms with Gasteiger partial charge in [-0.2, -0.15) is 15.1 Å². The number of alkyl halides is 3. The third-order valence-electron chi connectivity index (χ3n) is 10.6. The quantitative estimate of drug-likeness (QED) is 0.209. The first-order chi connectivity index (χ1) is 23.5. The topological polar surface area (TPSA) is 102 Å². The van der Waals surface area contributed by atoms with Crippen molar-refractivity contribution in [3.05, 3.63) is 34.9 Å². The van der Waals surface area contributed by atoms with Crippen molar-refractivity contribution in [2.75, 3.05) is 44.3 Å². The molecule has 49 heavy (non-hydrogen) atoms. The second-order valence-electron chi connectivity index (χ2n) is 14.2. The number of nitrogens with zero attached hydrogens (tertiary/aromatic N) is 7. The number of β-amino-alcohol motifs (C(OH)–C–C–N with tert-alkyl or cyclic N) is 1. The van der Waals surface area contributed by atoms with Gasteiger partial charge in [0.2, 0.25) is 0 Å². The summed E-state index contributed by atoms with van der Waals surface area (Å²) in [5.74, 6) is -0.645. The second-order valence-corrected chi connectivity index (χ2v) is 14.6. The maximum atomic E-state index is 17.0. The fourth-order valence-corrected chi connectivity index (χ4v) is 8.62. The van der Waals surface area contributed by atoms with Gasteiger partial charge < -0.3 is 19.5 Å². The number of rotatable bonds is 7. The summed E-state index contributed by atoms with van der Waals surface area (Å²) in [5.41, 5.74) is -2.39. The van der Waals surface area contributed by atoms with Gasteiger partial charge in [-0.25, -0.2) is 22.2 Å². The van der Waals surface area contributed by atoms with Crippen molar-refractivity contribution in [1.82, 2.24) is 29.6 Å². The van der Waals surface area contributed by atoms with Crippen LogP contribution < -0.4 is 9.64 Å². The zero-order valence-electron chi connectivity index (χ0n) is 27.1. The third kappa shape index (κ3) is 5.78. The Bertz CT molecular complexity index is 1910. The molecule has 10 nitrogen and oxygen atoms in total. The molecule has 4 aromatic rings. The summed E-state index contributed by atoms with van der Waals surface area (Å²) >= 11 is 6.51. The summed E-state index contributed by atoms with van der Waals surface area (Å²) < 4.78 is 74.7. The fraction of sp³-hybridized carbons (Fsp3) is 0.588. The van der Waals surface area contributed by atoms with Gasteiger partial charge in [0.25, 0.3) is 6.43 Å². The standard InChI is InChI=1S/C34H38ClF4N7O3/c1-33(47)7-4-9-44(17-33)31-21-14-40-29(27(37)28(21)42-32(43-31)49-18-34-8-5-10-45(34)16-19(36)13-34)25-20-15-41-46(24-6-2-3-11-48-24)23(20)12-22(35)26(25)30(38)39/h12,14-15,19,24,30,47H,2-11,13,16-18H2,1H3/t19-,24?,33-,34+/m1/s1. The van der Waals surface area contributed by atoms with E-state index in [1.165, 1.54) is 18.5 Å². The Morgan fingerprint density at radius 2 is 1.96 bits per heavy atom. The highest BCUT2D eigenvalue weighted by Crippen LogP contribution is 2.45. The average Bonchev–Trinajstić information content (AvgIpc) is 3.75. The molecule has 0 amide bonds. The maximum Gasteiger partial charge on any atom is 0.319 e. The molecule has 15 heteroatoms. The number of aliphatic hydroxyl groups is 1. The van der Waals surface area contributed by atoms with Crippen LogP contribution >= 0.6 is 11.6 Å². The largest absolute Gasteiger partial charge is 0.461 e. The van der Waals surface area contributed by atoms with E-state index >= 15 is 4.39 Å². The van der Waals surface area contributed by atoms with E-state index < -0.39 is 41.3 Å². The Morgan fingerprint density at radius 1 is 1.12 bits per heavy atom. The van der Waals surface area contributed by atoms with E-state index in [1.54, 1.807) is 11.6 Å². The molecule has 4 aliphatic heterocycles. The van der Waals surface area contributed by atoms with Gasteiger partial charge in [-0.1, -0.05) is 11.6 Å². The Morgan fingerprint density at radius 3 is 2.73 bits per heavy atom. The van der Waals surface area contributed by atoms with Crippen LogP contribution in [0.4, 0.5) is 23.4 Å². The smallest absolute Gasteiger partial charge is 0.319 e. The van der Waals surface area contributed by atoms with Gasteiger partial charge in [-0.3, -0.25) is 9.88 Å². The van der Waals surface area contributed by atoms with Gasteiger partial charge in [0.05, 0.1) is 33.3 Å². The second kappa shape index (κ2) is 12.5. The van der Waals surface area contributed by atoms with Gasteiger partial charge in [0.1, 0.15) is 29.8 Å². The molecule has 4 atom stereocenters. The minimum atomic E-state index is -3.05. The summed E-state index contributed by atoms with van der Waals surface area (Å²) in [7, 11) is 0. The lowest BCUT2D eigenvalue weighted by atomic mass is 9.95. The van der Waals surface area contributed by atoms with E-state index in [9.17, 15) is 18.3 Å². The Labute approximate surface area is 285 Å². The lowest BCUT2D eigenvalue weighted by molar-refractivity contribution is -0.0366. The van der Waals surface area contributed by atoms with Crippen molar-refractivity contribution in [2.45, 2.75) is 88.3 Å². The number of aromatic nitrogens is 5. The molecule has 0 saturated carbocycles. The van der Waals surface area contributed by atoms with Gasteiger partial charge in [-0.15, -0.1) is 0 Å². The molecule has 0 spiro atoms. The molecule has 3 aromatic heterocycles. The van der Waals surface area contributed by atoms with Gasteiger partial charge in [0, 0.05) is 55.4 Å². The van der Waals surface area contributed by atoms with Gasteiger partial charge in [-0.05, 0) is 64.5 Å². The first kappa shape index (κ1) is 32.9. The molecule has 7 heterocycles. The van der Waals surface area contributed by atoms with Crippen LogP contribution in [-0.2, 0) is 4.74 Å². The molecule has 8 rings (SSSR count). The van der Waals surface area contributed by atoms with E-state index in [0.717, 1.165) is 32.2 Å². The van der Waals surface area contributed by atoms with E-state index in [2.05, 4.69) is 25.0 Å². The van der Waals surface area contributed by atoms with E-state index in [0.29, 0.717) is 56.7 Å². The molecule has 1 aromatic carbocycles. The Balaban J connectivity index is 1.28. The van der Waals surface area contributed by atoms with E-state index in [-0.39, 0.29) is 51.7 Å². The van der Waals surface area contributed by atoms with Crippen molar-refractivity contribution in [3.63, 3.8) is 0 Å². The summed E-state index contributed by atoms with van der Waals surface area (Å²) in [6.45, 7) is 4.23. The molecule has 262 valence electrons. The van der Waals surface area contributed by atoms with Gasteiger partial charge in [0.15, 0.2) is 12.0 Å². The minimum Gasteiger partial charge on any atom is -0.461 e. The molecule has 4 saturated heterocycles. The molecule has 4 fully saturated rings. The maximum absolute atomic E-state index is 17.0. The number of halogens is 5. The molecular weight excluding hydrogens is 666 g/mol. The van der Waals surface area contributed by atoms with Gasteiger partial charge >= 0.3 is 6.01 Å². The fourth-order valence-electron chi connectivity index (χ4n) is 8.34. The van der Waals surface area contributed by atoms with E-state index in [4.69, 9.17) is 21.1 Å². The summed E-state index contributed by atoms with van der Waals surface area (Å²) in [6.07, 6.45) is 4.09. The van der Waals surface area contributed by atoms with Crippen molar-refractivity contribution in [1.29, 1.82) is 0 Å². The predicted molar refractivity (Wildman–Crippen MR) is 175 cm³/mol. The van der Waals surface area contributed by atoms with Crippen LogP contribution in [0.15, 0.2) is 18.5 Å². The number of hydrogen-bond acceptors (Lipinski definition) is 9. The van der Waals surface area contributed by atoms with Crippen LogP contribution in [0.2, 0.25) is 5.02 Å². The Kier molecular flexibility index (Phi) is 8.36. The SMILES string of the molecule is C[C@@]1(O)CCCN(c2nc(OC[C@@]34CCCN3C[C@H](F)C4)nc3c(F)c(-c4c(C(F)F)c(Cl)cc5c4cnn5C4CCCCO4)ncc23)C1. The first-order valence-corrected chi connectivity index (χ1v) is 17.4. The van der Waals surface area contributed by atoms with Crippen LogP contribution in [0.5, 0.6) is 6.01 Å². The zero-order chi connectivity index (χ0) is 34.1. The zero-order valence-corrected chi connectivity index (χ0v) is 27.9. The van der Waals surface area contributed by atoms with Crippen LogP contribution in [0.3, 0.4) is 0 Å². The minimum absolute atomic E-state index is 0.114. The lowest BCUT2D eigenvalue weighted by Crippen LogP contribution is -2.46. The van der Waals surface area contributed by atoms with Crippen molar-refractivity contribution >= 4 is 39.2 Å². The molecule has 0 radical (unpaired) electrons. The van der Waals surface area contributed by atoms with Crippen LogP contribution in [0.25, 0.3) is 33.1 Å². The van der Waals surface area contributed by atoms with Crippen LogP contribution in [0.1, 0.15) is 76.5 Å². The van der Waals surface area contributed by atoms with Crippen LogP contribution in [0, 0.1) is 5.82 Å². The predicted octanol–water partition coefficient (Wildman–Crippen LogP) is 6.78. The van der Waals surface area contributed by atoms with Crippen molar-refractivity contribution < 1.29 is 32.1 Å². The summed E-state index contributed by atoms with van der Waals surface area (Å²) in [6, 6.07) is 1.29. The molecule has 0 aliphatic carbocycles. The number of anilines is 1. The third-order valence-corrected chi connectivity index (χ3v) is 10.9. The first-order valence-electron chi connectivity index (χ1n) is 17.0. The van der Waals surface area contributed by atoms with Crippen molar-refractivity contribution in [3.8, 4) is 17.3 Å². The number of fused-ring (bicyclic) bond motifs is 3.